The van der Waals surface area contributed by atoms with Crippen molar-refractivity contribution in [2.45, 2.75) is 43.9 Å². The van der Waals surface area contributed by atoms with Gasteiger partial charge in [-0.25, -0.2) is 0 Å². The number of carbonyl (C=O) groups excluding carboxylic acids is 2. The fourth-order valence-electron chi connectivity index (χ4n) is 3.91. The molecule has 0 radical (unpaired) electrons. The molecule has 0 aromatic carbocycles. The van der Waals surface area contributed by atoms with E-state index < -0.39 is 0 Å². The Labute approximate surface area is 148 Å². The lowest BCUT2D eigenvalue weighted by Crippen LogP contribution is -2.49. The Morgan fingerprint density at radius 1 is 1.44 bits per heavy atom. The maximum absolute atomic E-state index is 12.7. The lowest BCUT2D eigenvalue weighted by Gasteiger charge is -2.33. The van der Waals surface area contributed by atoms with Crippen LogP contribution in [0.4, 0.5) is 0 Å². The highest BCUT2D eigenvalue weighted by Gasteiger charge is 2.44. The molecular formula is C18H26N4O3. The zero-order chi connectivity index (χ0) is 17.8. The highest BCUT2D eigenvalue weighted by molar-refractivity contribution is 5.83. The number of nitrogens with one attached hydrogen (secondary N) is 1. The van der Waals surface area contributed by atoms with Gasteiger partial charge in [-0.3, -0.25) is 24.4 Å². The van der Waals surface area contributed by atoms with E-state index in [0.717, 1.165) is 18.7 Å². The van der Waals surface area contributed by atoms with Crippen molar-refractivity contribution < 1.29 is 14.3 Å². The summed E-state index contributed by atoms with van der Waals surface area (Å²) in [5.74, 6) is -0.130. The van der Waals surface area contributed by atoms with Crippen molar-refractivity contribution in [2.75, 3.05) is 27.2 Å². The van der Waals surface area contributed by atoms with E-state index >= 15 is 0 Å². The number of aromatic nitrogens is 1. The third-order valence-corrected chi connectivity index (χ3v) is 5.35. The van der Waals surface area contributed by atoms with Crippen LogP contribution in [-0.4, -0.2) is 72.0 Å². The van der Waals surface area contributed by atoms with Crippen LogP contribution in [0.25, 0.3) is 0 Å². The number of nitrogens with zero attached hydrogens (tertiary/aromatic N) is 3. The number of likely N-dealkylation sites (N-methyl/N-ethyl adjacent to an activating group) is 1. The molecule has 0 saturated carbocycles. The first kappa shape index (κ1) is 17.8. The van der Waals surface area contributed by atoms with Crippen LogP contribution in [-0.2, 0) is 20.9 Å². The fourth-order valence-corrected chi connectivity index (χ4v) is 3.91. The van der Waals surface area contributed by atoms with Crippen LogP contribution in [0.3, 0.4) is 0 Å². The van der Waals surface area contributed by atoms with Crippen molar-refractivity contribution in [3.05, 3.63) is 30.1 Å². The van der Waals surface area contributed by atoms with Gasteiger partial charge in [-0.1, -0.05) is 6.07 Å². The Hall–Kier alpha value is -1.99. The van der Waals surface area contributed by atoms with Gasteiger partial charge < -0.3 is 10.1 Å². The number of esters is 1. The number of rotatable bonds is 5. The summed E-state index contributed by atoms with van der Waals surface area (Å²) in [6.07, 6.45) is 3.78. The zero-order valence-electron chi connectivity index (χ0n) is 14.9. The van der Waals surface area contributed by atoms with Gasteiger partial charge in [0.05, 0.1) is 12.8 Å². The second-order valence-electron chi connectivity index (χ2n) is 6.77. The van der Waals surface area contributed by atoms with Gasteiger partial charge in [-0.15, -0.1) is 0 Å². The summed E-state index contributed by atoms with van der Waals surface area (Å²) in [6.45, 7) is 2.11. The van der Waals surface area contributed by atoms with Crippen molar-refractivity contribution in [1.82, 2.24) is 20.1 Å². The topological polar surface area (TPSA) is 74.8 Å². The van der Waals surface area contributed by atoms with Gasteiger partial charge >= 0.3 is 5.97 Å². The highest BCUT2D eigenvalue weighted by Crippen LogP contribution is 2.28. The second kappa shape index (κ2) is 7.93. The number of carbonyl (C=O) groups is 2. The van der Waals surface area contributed by atoms with Crippen molar-refractivity contribution in [2.24, 2.45) is 0 Å². The minimum absolute atomic E-state index is 0.0749. The molecule has 7 nitrogen and oxygen atoms in total. The molecule has 3 heterocycles. The summed E-state index contributed by atoms with van der Waals surface area (Å²) in [4.78, 5) is 33.0. The van der Waals surface area contributed by atoms with Gasteiger partial charge in [-0.05, 0) is 32.0 Å². The lowest BCUT2D eigenvalue weighted by atomic mass is 10.0. The molecular weight excluding hydrogens is 320 g/mol. The monoisotopic (exact) mass is 346 g/mol. The number of pyridine rings is 1. The number of ether oxygens (including phenoxy) is 1. The van der Waals surface area contributed by atoms with E-state index in [1.165, 1.54) is 7.11 Å². The molecule has 7 heteroatoms. The van der Waals surface area contributed by atoms with E-state index in [1.807, 2.05) is 18.2 Å². The predicted octanol–water partition coefficient (Wildman–Crippen LogP) is 0.408. The SMILES string of the molecule is COC(=O)CC[C@H]1CNC(=O)[C@@H]2[C@@H](CCN2Cc2ccccn2)N1C. The summed E-state index contributed by atoms with van der Waals surface area (Å²) < 4.78 is 4.74. The van der Waals surface area contributed by atoms with E-state index in [4.69, 9.17) is 4.74 Å². The summed E-state index contributed by atoms with van der Waals surface area (Å²) in [6, 6.07) is 5.99. The maximum Gasteiger partial charge on any atom is 0.305 e. The first-order chi connectivity index (χ1) is 12.1. The third-order valence-electron chi connectivity index (χ3n) is 5.35. The van der Waals surface area contributed by atoms with Crippen LogP contribution < -0.4 is 5.32 Å². The average molecular weight is 346 g/mol. The van der Waals surface area contributed by atoms with E-state index in [1.54, 1.807) is 6.20 Å². The summed E-state index contributed by atoms with van der Waals surface area (Å²) in [5.41, 5.74) is 0.977. The molecule has 2 fully saturated rings. The number of hydrogen-bond donors (Lipinski definition) is 1. The first-order valence-corrected chi connectivity index (χ1v) is 8.80. The maximum atomic E-state index is 12.7. The molecule has 136 valence electrons. The van der Waals surface area contributed by atoms with Crippen molar-refractivity contribution in [3.8, 4) is 0 Å². The molecule has 0 spiro atoms. The molecule has 1 amide bonds. The molecule has 0 aliphatic carbocycles. The Morgan fingerprint density at radius 2 is 2.28 bits per heavy atom. The second-order valence-corrected chi connectivity index (χ2v) is 6.77. The van der Waals surface area contributed by atoms with Crippen LogP contribution in [0.15, 0.2) is 24.4 Å². The third kappa shape index (κ3) is 3.99. The average Bonchev–Trinajstić information content (AvgIpc) is 3.00. The van der Waals surface area contributed by atoms with Gasteiger partial charge in [0.2, 0.25) is 5.91 Å². The van der Waals surface area contributed by atoms with E-state index in [-0.39, 0.29) is 30.0 Å². The summed E-state index contributed by atoms with van der Waals surface area (Å²) in [5, 5.41) is 3.06. The van der Waals surface area contributed by atoms with Gasteiger partial charge in [-0.2, -0.15) is 0 Å². The zero-order valence-corrected chi connectivity index (χ0v) is 14.9. The number of amides is 1. The van der Waals surface area contributed by atoms with Crippen molar-refractivity contribution >= 4 is 11.9 Å². The largest absolute Gasteiger partial charge is 0.469 e. The molecule has 1 N–H and O–H groups in total. The molecule has 3 atom stereocenters. The van der Waals surface area contributed by atoms with Crippen LogP contribution in [0.1, 0.15) is 25.0 Å². The van der Waals surface area contributed by atoms with Crippen LogP contribution in [0.5, 0.6) is 0 Å². The Kier molecular flexibility index (Phi) is 5.65. The number of hydrogen-bond acceptors (Lipinski definition) is 6. The first-order valence-electron chi connectivity index (χ1n) is 8.80. The number of methoxy groups -OCH3 is 1. The molecule has 1 aromatic rings. The predicted molar refractivity (Wildman–Crippen MR) is 92.7 cm³/mol. The standard InChI is InChI=1S/C18H26N4O3/c1-21-14(6-7-16(23)25-2)11-20-18(24)17-15(21)8-10-22(17)12-13-5-3-4-9-19-13/h3-5,9,14-15,17H,6-8,10-12H2,1-2H3,(H,20,24)/t14-,15+,17-/m0/s1. The molecule has 2 aliphatic heterocycles. The summed E-state index contributed by atoms with van der Waals surface area (Å²) in [7, 11) is 3.47. The van der Waals surface area contributed by atoms with Crippen molar-refractivity contribution in [1.29, 1.82) is 0 Å². The van der Waals surface area contributed by atoms with Crippen LogP contribution >= 0.6 is 0 Å². The van der Waals surface area contributed by atoms with Crippen molar-refractivity contribution in [3.63, 3.8) is 0 Å². The van der Waals surface area contributed by atoms with Crippen LogP contribution in [0.2, 0.25) is 0 Å². The quantitative estimate of drug-likeness (QED) is 0.779. The lowest BCUT2D eigenvalue weighted by molar-refractivity contribution is -0.141. The van der Waals surface area contributed by atoms with E-state index in [9.17, 15) is 9.59 Å². The van der Waals surface area contributed by atoms with Gasteiger partial charge in [0.1, 0.15) is 6.04 Å². The molecule has 0 unspecified atom stereocenters. The molecule has 25 heavy (non-hydrogen) atoms. The van der Waals surface area contributed by atoms with Gasteiger partial charge in [0, 0.05) is 44.3 Å². The van der Waals surface area contributed by atoms with E-state index in [2.05, 4.69) is 27.1 Å². The smallest absolute Gasteiger partial charge is 0.305 e. The van der Waals surface area contributed by atoms with Gasteiger partial charge in [0.15, 0.2) is 0 Å². The minimum atomic E-state index is -0.205. The Balaban J connectivity index is 1.69. The normalized spacial score (nSPS) is 27.4. The molecule has 1 aromatic heterocycles. The Bertz CT molecular complexity index is 610. The van der Waals surface area contributed by atoms with E-state index in [0.29, 0.717) is 25.9 Å². The summed E-state index contributed by atoms with van der Waals surface area (Å²) >= 11 is 0. The molecule has 2 saturated heterocycles. The Morgan fingerprint density at radius 3 is 3.00 bits per heavy atom. The molecule has 3 rings (SSSR count). The fraction of sp³-hybridized carbons (Fsp3) is 0.611. The number of fused-ring (bicyclic) bond motifs is 1. The van der Waals surface area contributed by atoms with Crippen LogP contribution in [0, 0.1) is 0 Å². The minimum Gasteiger partial charge on any atom is -0.469 e. The number of likely N-dealkylation sites (tertiary alicyclic amines) is 1. The highest BCUT2D eigenvalue weighted by atomic mass is 16.5. The molecule has 0 bridgehead atoms. The van der Waals surface area contributed by atoms with Gasteiger partial charge in [0.25, 0.3) is 0 Å². The molecule has 2 aliphatic rings.